The zero-order valence-corrected chi connectivity index (χ0v) is 4.83. The van der Waals surface area contributed by atoms with Crippen LogP contribution in [0, 0.1) is 0 Å². The minimum Gasteiger partial charge on any atom is -0.344 e. The quantitative estimate of drug-likeness (QED) is 0.542. The summed E-state index contributed by atoms with van der Waals surface area (Å²) in [7, 11) is 0. The van der Waals surface area contributed by atoms with Crippen molar-refractivity contribution in [1.29, 1.82) is 0 Å². The molecule has 0 radical (unpaired) electrons. The highest BCUT2D eigenvalue weighted by molar-refractivity contribution is 4.12. The Hall–Kier alpha value is -0.0800. The molecule has 0 unspecified atom stereocenters. The number of hydrogen-bond acceptors (Lipinski definition) is 2. The topological polar surface area (TPSA) is 70.0 Å². The molecular weight excluding hydrogens is 88.1 g/mol. The smallest absolute Gasteiger partial charge is 0.0564 e. The van der Waals surface area contributed by atoms with Crippen molar-refractivity contribution in [3.05, 3.63) is 0 Å². The molecule has 0 aromatic rings. The van der Waals surface area contributed by atoms with Crippen molar-refractivity contribution >= 4 is 0 Å². The number of rotatable bonds is 1. The zero-order chi connectivity index (χ0) is 3.41. The fraction of sp³-hybridized carbons (Fsp3) is 1.00. The highest BCUT2D eigenvalue weighted by Crippen LogP contribution is 1.76. The van der Waals surface area contributed by atoms with Gasteiger partial charge in [-0.3, -0.25) is 0 Å². The SMILES string of the molecule is C.CCCC.N.N. The molecule has 0 heterocycles. The van der Waals surface area contributed by atoms with Gasteiger partial charge in [-0.15, -0.1) is 0 Å². The Kier molecular flexibility index (Phi) is 158. The molecule has 0 aliphatic heterocycles. The zero-order valence-electron chi connectivity index (χ0n) is 4.83. The number of hydrogen-bond donors (Lipinski definition) is 2. The van der Waals surface area contributed by atoms with Gasteiger partial charge < -0.3 is 12.3 Å². The van der Waals surface area contributed by atoms with Crippen LogP contribution in [-0.4, -0.2) is 0 Å². The van der Waals surface area contributed by atoms with Crippen LogP contribution in [0.25, 0.3) is 0 Å². The highest BCUT2D eigenvalue weighted by atomic mass is 14.0. The normalized spacial score (nSPS) is 4.29. The van der Waals surface area contributed by atoms with Crippen LogP contribution in [0.5, 0.6) is 0 Å². The van der Waals surface area contributed by atoms with Gasteiger partial charge in [0.05, 0.1) is 0 Å². The summed E-state index contributed by atoms with van der Waals surface area (Å²) in [4.78, 5) is 0. The summed E-state index contributed by atoms with van der Waals surface area (Å²) in [5.74, 6) is 0. The maximum absolute atomic E-state index is 2.18. The summed E-state index contributed by atoms with van der Waals surface area (Å²) in [6, 6.07) is 0. The van der Waals surface area contributed by atoms with Crippen LogP contribution in [0.2, 0.25) is 0 Å². The van der Waals surface area contributed by atoms with E-state index in [-0.39, 0.29) is 19.7 Å². The lowest BCUT2D eigenvalue weighted by Crippen LogP contribution is -1.47. The van der Waals surface area contributed by atoms with Gasteiger partial charge in [-0.05, 0) is 0 Å². The summed E-state index contributed by atoms with van der Waals surface area (Å²) in [6.45, 7) is 4.36. The third kappa shape index (κ3) is 107. The first kappa shape index (κ1) is 28.4. The van der Waals surface area contributed by atoms with Gasteiger partial charge in [0.1, 0.15) is 0 Å². The Morgan fingerprint density at radius 3 is 1.00 bits per heavy atom. The van der Waals surface area contributed by atoms with Gasteiger partial charge in [-0.1, -0.05) is 34.1 Å². The molecule has 0 amide bonds. The van der Waals surface area contributed by atoms with Gasteiger partial charge in [0.2, 0.25) is 0 Å². The molecular formula is C5H20N2. The molecule has 0 aromatic heterocycles. The molecule has 0 saturated heterocycles. The molecule has 0 aliphatic rings. The second kappa shape index (κ2) is 38.9. The first-order valence-corrected chi connectivity index (χ1v) is 1.91. The lowest BCUT2D eigenvalue weighted by molar-refractivity contribution is 0.886. The third-order valence-electron chi connectivity index (χ3n) is 0.500. The van der Waals surface area contributed by atoms with Crippen LogP contribution in [0.1, 0.15) is 34.1 Å². The molecule has 50 valence electrons. The van der Waals surface area contributed by atoms with Crippen molar-refractivity contribution in [2.75, 3.05) is 0 Å². The van der Waals surface area contributed by atoms with Crippen LogP contribution < -0.4 is 12.3 Å². The second-order valence-electron chi connectivity index (χ2n) is 1.000. The number of unbranched alkanes of at least 4 members (excludes halogenated alkanes) is 1. The third-order valence-corrected chi connectivity index (χ3v) is 0.500. The standard InChI is InChI=1S/C4H10.CH4.2H3N/c1-3-4-2;;;/h3-4H2,1-2H3;1H4;2*1H3. The van der Waals surface area contributed by atoms with Gasteiger partial charge in [0, 0.05) is 0 Å². The highest BCUT2D eigenvalue weighted by Gasteiger charge is 1.56. The molecule has 0 aliphatic carbocycles. The molecule has 0 fully saturated rings. The Labute approximate surface area is 47.5 Å². The van der Waals surface area contributed by atoms with E-state index in [1.165, 1.54) is 12.8 Å². The van der Waals surface area contributed by atoms with Crippen LogP contribution in [0.4, 0.5) is 0 Å². The van der Waals surface area contributed by atoms with Gasteiger partial charge >= 0.3 is 0 Å². The summed E-state index contributed by atoms with van der Waals surface area (Å²) < 4.78 is 0. The van der Waals surface area contributed by atoms with Crippen molar-refractivity contribution in [2.45, 2.75) is 34.1 Å². The molecule has 0 saturated carbocycles. The minimum absolute atomic E-state index is 0. The summed E-state index contributed by atoms with van der Waals surface area (Å²) in [5, 5.41) is 0. The Bertz CT molecular complexity index is 8.04. The fourth-order valence-electron chi connectivity index (χ4n) is 0. The maximum Gasteiger partial charge on any atom is -0.0564 e. The molecule has 0 bridgehead atoms. The lowest BCUT2D eigenvalue weighted by Gasteiger charge is -1.68. The molecule has 2 nitrogen and oxygen atoms in total. The van der Waals surface area contributed by atoms with E-state index in [1.54, 1.807) is 0 Å². The van der Waals surface area contributed by atoms with Crippen LogP contribution in [0.15, 0.2) is 0 Å². The van der Waals surface area contributed by atoms with E-state index >= 15 is 0 Å². The monoisotopic (exact) mass is 108 g/mol. The predicted octanol–water partition coefficient (Wildman–Crippen LogP) is 2.77. The lowest BCUT2D eigenvalue weighted by atomic mass is 10.4. The van der Waals surface area contributed by atoms with Crippen molar-refractivity contribution < 1.29 is 0 Å². The first-order chi connectivity index (χ1) is 1.91. The maximum atomic E-state index is 2.18. The van der Waals surface area contributed by atoms with E-state index in [1.807, 2.05) is 0 Å². The minimum atomic E-state index is 0. The summed E-state index contributed by atoms with van der Waals surface area (Å²) >= 11 is 0. The van der Waals surface area contributed by atoms with Crippen molar-refractivity contribution in [1.82, 2.24) is 12.3 Å². The molecule has 0 atom stereocenters. The van der Waals surface area contributed by atoms with E-state index in [9.17, 15) is 0 Å². The molecule has 6 N–H and O–H groups in total. The Balaban J connectivity index is -0.0000000150. The average molecular weight is 108 g/mol. The molecule has 2 heteroatoms. The van der Waals surface area contributed by atoms with Crippen molar-refractivity contribution in [3.8, 4) is 0 Å². The largest absolute Gasteiger partial charge is 0.344 e. The van der Waals surface area contributed by atoms with E-state index in [2.05, 4.69) is 13.8 Å². The first-order valence-electron chi connectivity index (χ1n) is 1.91. The van der Waals surface area contributed by atoms with Crippen LogP contribution in [0.3, 0.4) is 0 Å². The average Bonchev–Trinajstić information content (AvgIpc) is 1.37. The van der Waals surface area contributed by atoms with Crippen LogP contribution in [-0.2, 0) is 0 Å². The van der Waals surface area contributed by atoms with Crippen molar-refractivity contribution in [3.63, 3.8) is 0 Å². The van der Waals surface area contributed by atoms with E-state index < -0.39 is 0 Å². The van der Waals surface area contributed by atoms with E-state index in [0.717, 1.165) is 0 Å². The van der Waals surface area contributed by atoms with Gasteiger partial charge in [0.25, 0.3) is 0 Å². The fourth-order valence-corrected chi connectivity index (χ4v) is 0. The molecule has 0 rings (SSSR count). The molecule has 7 heavy (non-hydrogen) atoms. The predicted molar refractivity (Wildman–Crippen MR) is 37.4 cm³/mol. The molecule has 0 spiro atoms. The molecule has 0 aromatic carbocycles. The Morgan fingerprint density at radius 1 is 0.857 bits per heavy atom. The van der Waals surface area contributed by atoms with Crippen molar-refractivity contribution in [2.24, 2.45) is 0 Å². The van der Waals surface area contributed by atoms with Crippen LogP contribution >= 0.6 is 0 Å². The summed E-state index contributed by atoms with van der Waals surface area (Å²) in [5.41, 5.74) is 0. The van der Waals surface area contributed by atoms with Gasteiger partial charge in [0.15, 0.2) is 0 Å². The Morgan fingerprint density at radius 2 is 1.00 bits per heavy atom. The van der Waals surface area contributed by atoms with Gasteiger partial charge in [-0.25, -0.2) is 0 Å². The second-order valence-corrected chi connectivity index (χ2v) is 1.000. The van der Waals surface area contributed by atoms with Gasteiger partial charge in [-0.2, -0.15) is 0 Å². The summed E-state index contributed by atoms with van der Waals surface area (Å²) in [6.07, 6.45) is 2.64. The van der Waals surface area contributed by atoms with E-state index in [4.69, 9.17) is 0 Å². The van der Waals surface area contributed by atoms with E-state index in [0.29, 0.717) is 0 Å².